The Kier molecular flexibility index (Phi) is 3.56. The molecule has 88 valence electrons. The van der Waals surface area contributed by atoms with Crippen molar-refractivity contribution in [2.45, 2.75) is 31.7 Å². The lowest BCUT2D eigenvalue weighted by molar-refractivity contribution is -0.125. The van der Waals surface area contributed by atoms with Crippen LogP contribution in [0.2, 0.25) is 0 Å². The third-order valence-corrected chi connectivity index (χ3v) is 3.12. The number of nitrogens with zero attached hydrogens (tertiary/aromatic N) is 1. The van der Waals surface area contributed by atoms with E-state index in [1.54, 1.807) is 12.4 Å². The van der Waals surface area contributed by atoms with E-state index >= 15 is 0 Å². The number of carbonyl (C=O) groups is 1. The Hall–Kier alpha value is -1.36. The van der Waals surface area contributed by atoms with Crippen molar-refractivity contribution < 1.29 is 4.79 Å². The number of nitrogens with one attached hydrogen (secondary N) is 2. The Bertz CT molecular complexity index is 336. The van der Waals surface area contributed by atoms with Gasteiger partial charge < -0.3 is 16.0 Å². The zero-order valence-electron chi connectivity index (χ0n) is 9.28. The van der Waals surface area contributed by atoms with Gasteiger partial charge in [-0.25, -0.2) is 4.98 Å². The number of H-pyrrole nitrogens is 1. The first-order valence-corrected chi connectivity index (χ1v) is 5.79. The van der Waals surface area contributed by atoms with E-state index in [2.05, 4.69) is 15.3 Å². The summed E-state index contributed by atoms with van der Waals surface area (Å²) < 4.78 is 0. The molecule has 0 aliphatic heterocycles. The van der Waals surface area contributed by atoms with E-state index in [-0.39, 0.29) is 17.9 Å². The smallest absolute Gasteiger partial charge is 0.224 e. The third-order valence-electron chi connectivity index (χ3n) is 3.12. The Balaban J connectivity index is 1.71. The molecule has 16 heavy (non-hydrogen) atoms. The van der Waals surface area contributed by atoms with Crippen LogP contribution in [0.1, 0.15) is 25.1 Å². The van der Waals surface area contributed by atoms with Crippen LogP contribution >= 0.6 is 0 Å². The molecule has 1 saturated carbocycles. The molecule has 1 aromatic heterocycles. The van der Waals surface area contributed by atoms with Crippen LogP contribution in [0.25, 0.3) is 0 Å². The average Bonchev–Trinajstić information content (AvgIpc) is 2.88. The number of aromatic amines is 1. The van der Waals surface area contributed by atoms with Gasteiger partial charge in [0, 0.05) is 31.4 Å². The number of rotatable bonds is 4. The molecule has 1 amide bonds. The van der Waals surface area contributed by atoms with E-state index in [9.17, 15) is 4.79 Å². The van der Waals surface area contributed by atoms with Crippen LogP contribution in [0, 0.1) is 5.92 Å². The van der Waals surface area contributed by atoms with Crippen molar-refractivity contribution in [2.24, 2.45) is 11.7 Å². The molecular weight excluding hydrogens is 204 g/mol. The minimum absolute atomic E-state index is 0.0107. The van der Waals surface area contributed by atoms with Crippen molar-refractivity contribution in [1.82, 2.24) is 15.3 Å². The highest BCUT2D eigenvalue weighted by molar-refractivity contribution is 5.79. The van der Waals surface area contributed by atoms with E-state index in [0.717, 1.165) is 31.5 Å². The second-order valence-electron chi connectivity index (χ2n) is 4.28. The first-order valence-electron chi connectivity index (χ1n) is 5.79. The van der Waals surface area contributed by atoms with Gasteiger partial charge in [-0.2, -0.15) is 0 Å². The van der Waals surface area contributed by atoms with E-state index in [0.29, 0.717) is 6.54 Å². The van der Waals surface area contributed by atoms with Crippen molar-refractivity contribution in [3.63, 3.8) is 0 Å². The number of imidazole rings is 1. The summed E-state index contributed by atoms with van der Waals surface area (Å²) in [7, 11) is 0. The van der Waals surface area contributed by atoms with E-state index in [1.165, 1.54) is 0 Å². The van der Waals surface area contributed by atoms with Gasteiger partial charge in [-0.1, -0.05) is 6.42 Å². The predicted octanol–water partition coefficient (Wildman–Crippen LogP) is 0.196. The lowest BCUT2D eigenvalue weighted by Crippen LogP contribution is -2.39. The van der Waals surface area contributed by atoms with Gasteiger partial charge >= 0.3 is 0 Å². The summed E-state index contributed by atoms with van der Waals surface area (Å²) in [6.45, 7) is 0.621. The number of amides is 1. The molecule has 5 heteroatoms. The number of nitrogens with two attached hydrogens (primary N) is 1. The summed E-state index contributed by atoms with van der Waals surface area (Å²) in [5, 5.41) is 2.91. The van der Waals surface area contributed by atoms with Crippen LogP contribution in [0.5, 0.6) is 0 Å². The highest BCUT2D eigenvalue weighted by atomic mass is 16.1. The largest absolute Gasteiger partial charge is 0.355 e. The van der Waals surface area contributed by atoms with Gasteiger partial charge in [-0.05, 0) is 12.8 Å². The van der Waals surface area contributed by atoms with Gasteiger partial charge in [0.15, 0.2) is 0 Å². The fourth-order valence-corrected chi connectivity index (χ4v) is 2.18. The van der Waals surface area contributed by atoms with Crippen molar-refractivity contribution >= 4 is 5.91 Å². The normalized spacial score (nSPS) is 24.6. The van der Waals surface area contributed by atoms with Gasteiger partial charge in [0.25, 0.3) is 0 Å². The van der Waals surface area contributed by atoms with E-state index < -0.39 is 0 Å². The number of hydrogen-bond acceptors (Lipinski definition) is 3. The summed E-state index contributed by atoms with van der Waals surface area (Å²) >= 11 is 0. The zero-order chi connectivity index (χ0) is 11.4. The monoisotopic (exact) mass is 222 g/mol. The lowest BCUT2D eigenvalue weighted by atomic mass is 10.0. The minimum atomic E-state index is 0.0107. The van der Waals surface area contributed by atoms with Crippen LogP contribution in [0.3, 0.4) is 0 Å². The Morgan fingerprint density at radius 3 is 3.12 bits per heavy atom. The summed E-state index contributed by atoms with van der Waals surface area (Å²) in [5.74, 6) is 1.00. The maximum Gasteiger partial charge on any atom is 0.224 e. The molecule has 0 saturated heterocycles. The van der Waals surface area contributed by atoms with E-state index in [4.69, 9.17) is 5.73 Å². The van der Waals surface area contributed by atoms with Crippen molar-refractivity contribution in [1.29, 1.82) is 0 Å². The van der Waals surface area contributed by atoms with Crippen molar-refractivity contribution in [2.75, 3.05) is 6.54 Å². The maximum absolute atomic E-state index is 11.8. The fourth-order valence-electron chi connectivity index (χ4n) is 2.18. The standard InChI is InChI=1S/C11H18N4O/c12-9-3-1-2-8(9)11(16)15-5-4-10-13-6-7-14-10/h6-9H,1-5,12H2,(H,13,14)(H,15,16). The summed E-state index contributed by atoms with van der Waals surface area (Å²) in [5.41, 5.74) is 5.87. The molecule has 1 fully saturated rings. The van der Waals surface area contributed by atoms with Gasteiger partial charge in [-0.15, -0.1) is 0 Å². The van der Waals surface area contributed by atoms with Gasteiger partial charge in [0.2, 0.25) is 5.91 Å². The molecule has 1 aliphatic carbocycles. The van der Waals surface area contributed by atoms with Crippen LogP contribution in [-0.2, 0) is 11.2 Å². The maximum atomic E-state index is 11.8. The molecule has 0 aromatic carbocycles. The van der Waals surface area contributed by atoms with Gasteiger partial charge in [0.1, 0.15) is 5.82 Å². The van der Waals surface area contributed by atoms with Gasteiger partial charge in [-0.3, -0.25) is 4.79 Å². The van der Waals surface area contributed by atoms with Crippen LogP contribution in [0.15, 0.2) is 12.4 Å². The molecule has 0 spiro atoms. The zero-order valence-corrected chi connectivity index (χ0v) is 9.28. The van der Waals surface area contributed by atoms with Crippen molar-refractivity contribution in [3.8, 4) is 0 Å². The Labute approximate surface area is 94.8 Å². The number of aromatic nitrogens is 2. The highest BCUT2D eigenvalue weighted by Gasteiger charge is 2.29. The number of carbonyl (C=O) groups excluding carboxylic acids is 1. The second-order valence-corrected chi connectivity index (χ2v) is 4.28. The van der Waals surface area contributed by atoms with E-state index in [1.807, 2.05) is 0 Å². The summed E-state index contributed by atoms with van der Waals surface area (Å²) in [6, 6.07) is 0.0450. The Morgan fingerprint density at radius 1 is 1.62 bits per heavy atom. The SMILES string of the molecule is NC1CCCC1C(=O)NCCc1ncc[nH]1. The summed E-state index contributed by atoms with van der Waals surface area (Å²) in [6.07, 6.45) is 7.19. The van der Waals surface area contributed by atoms with Crippen molar-refractivity contribution in [3.05, 3.63) is 18.2 Å². The average molecular weight is 222 g/mol. The lowest BCUT2D eigenvalue weighted by Gasteiger charge is -2.14. The quantitative estimate of drug-likeness (QED) is 0.680. The molecule has 2 atom stereocenters. The summed E-state index contributed by atoms with van der Waals surface area (Å²) in [4.78, 5) is 18.9. The van der Waals surface area contributed by atoms with Crippen LogP contribution in [0.4, 0.5) is 0 Å². The molecule has 0 radical (unpaired) electrons. The highest BCUT2D eigenvalue weighted by Crippen LogP contribution is 2.23. The molecule has 0 bridgehead atoms. The molecule has 5 nitrogen and oxygen atoms in total. The van der Waals surface area contributed by atoms with Crippen LogP contribution in [-0.4, -0.2) is 28.5 Å². The van der Waals surface area contributed by atoms with Crippen LogP contribution < -0.4 is 11.1 Å². The molecule has 2 rings (SSSR count). The Morgan fingerprint density at radius 2 is 2.50 bits per heavy atom. The minimum Gasteiger partial charge on any atom is -0.355 e. The molecule has 1 aromatic rings. The number of hydrogen-bond donors (Lipinski definition) is 3. The third kappa shape index (κ3) is 2.61. The molecular formula is C11H18N4O. The van der Waals surface area contributed by atoms with Gasteiger partial charge in [0.05, 0.1) is 5.92 Å². The second kappa shape index (κ2) is 5.12. The molecule has 1 aliphatic rings. The first-order chi connectivity index (χ1) is 7.77. The molecule has 1 heterocycles. The fraction of sp³-hybridized carbons (Fsp3) is 0.636. The molecule has 4 N–H and O–H groups in total. The topological polar surface area (TPSA) is 83.8 Å². The predicted molar refractivity (Wildman–Crippen MR) is 60.6 cm³/mol. The first kappa shape index (κ1) is 11.1. The molecule has 2 unspecified atom stereocenters.